The van der Waals surface area contributed by atoms with Crippen molar-refractivity contribution < 1.29 is 31.1 Å². The molecule has 1 aliphatic rings. The average Bonchev–Trinajstić information content (AvgIpc) is 3.35. The van der Waals surface area contributed by atoms with Gasteiger partial charge in [0.15, 0.2) is 0 Å². The van der Waals surface area contributed by atoms with E-state index in [1.807, 2.05) is 0 Å². The van der Waals surface area contributed by atoms with Gasteiger partial charge in [-0.1, -0.05) is 11.6 Å². The molecule has 0 saturated carbocycles. The summed E-state index contributed by atoms with van der Waals surface area (Å²) in [4.78, 5) is 17.9. The molecule has 0 N–H and O–H groups in total. The highest BCUT2D eigenvalue weighted by Crippen LogP contribution is 2.41. The van der Waals surface area contributed by atoms with Crippen molar-refractivity contribution in [3.8, 4) is 0 Å². The summed E-state index contributed by atoms with van der Waals surface area (Å²) < 4.78 is 73.6. The number of alkyl halides is 3. The van der Waals surface area contributed by atoms with Gasteiger partial charge in [-0.05, 0) is 28.1 Å². The minimum atomic E-state index is -4.66. The van der Waals surface area contributed by atoms with Crippen molar-refractivity contribution in [2.45, 2.75) is 10.4 Å². The first-order valence-electron chi connectivity index (χ1n) is 9.21. The number of esters is 1. The maximum absolute atomic E-state index is 13.7. The van der Waals surface area contributed by atoms with Crippen LogP contribution in [0.15, 0.2) is 26.2 Å². The van der Waals surface area contributed by atoms with Crippen molar-refractivity contribution >= 4 is 82.2 Å². The fraction of sp³-hybridized carbons (Fsp3) is 0.333. The Morgan fingerprint density at radius 2 is 1.91 bits per heavy atom. The predicted octanol–water partition coefficient (Wildman–Crippen LogP) is 5.09. The number of methoxy groups -OCH3 is 1. The number of anilines is 1. The summed E-state index contributed by atoms with van der Waals surface area (Å²) in [6.07, 6.45) is -4.66. The van der Waals surface area contributed by atoms with Gasteiger partial charge in [-0.3, -0.25) is 0 Å². The van der Waals surface area contributed by atoms with Gasteiger partial charge < -0.3 is 9.64 Å². The van der Waals surface area contributed by atoms with Crippen LogP contribution < -0.4 is 4.90 Å². The van der Waals surface area contributed by atoms with E-state index in [2.05, 4.69) is 25.7 Å². The van der Waals surface area contributed by atoms with Gasteiger partial charge in [0, 0.05) is 36.0 Å². The molecule has 3 aromatic heterocycles. The number of piperazine rings is 1. The van der Waals surface area contributed by atoms with Crippen molar-refractivity contribution in [1.29, 1.82) is 0 Å². The van der Waals surface area contributed by atoms with Crippen LogP contribution in [0.5, 0.6) is 0 Å². The SMILES string of the molecule is COC(=O)c1csc2c(C(F)(F)F)cc(N3CCN(S(=O)(=O)c4cc(Br)c(Cl)s4)CC3)nc12. The van der Waals surface area contributed by atoms with Crippen LogP contribution in [-0.4, -0.2) is 57.0 Å². The molecule has 0 unspecified atom stereocenters. The first-order chi connectivity index (χ1) is 15.4. The Bertz CT molecular complexity index is 1320. The number of carbonyl (C=O) groups excluding carboxylic acids is 1. The zero-order valence-corrected chi connectivity index (χ0v) is 21.4. The van der Waals surface area contributed by atoms with E-state index >= 15 is 0 Å². The molecule has 0 aliphatic carbocycles. The highest BCUT2D eigenvalue weighted by Gasteiger charge is 2.37. The topological polar surface area (TPSA) is 79.8 Å². The maximum Gasteiger partial charge on any atom is 0.417 e. The van der Waals surface area contributed by atoms with E-state index in [4.69, 9.17) is 11.6 Å². The van der Waals surface area contributed by atoms with Crippen LogP contribution in [0, 0.1) is 0 Å². The molecule has 7 nitrogen and oxygen atoms in total. The largest absolute Gasteiger partial charge is 0.465 e. The molecular weight excluding hydrogens is 591 g/mol. The maximum atomic E-state index is 13.7. The fourth-order valence-electron chi connectivity index (χ4n) is 3.36. The van der Waals surface area contributed by atoms with Crippen LogP contribution in [-0.2, 0) is 20.9 Å². The third-order valence-corrected chi connectivity index (χ3v) is 10.8. The average molecular weight is 605 g/mol. The third-order valence-electron chi connectivity index (χ3n) is 5.00. The third kappa shape index (κ3) is 4.60. The minimum absolute atomic E-state index is 0.0114. The van der Waals surface area contributed by atoms with Gasteiger partial charge in [0.25, 0.3) is 10.0 Å². The number of fused-ring (bicyclic) bond motifs is 1. The molecule has 15 heteroatoms. The minimum Gasteiger partial charge on any atom is -0.465 e. The molecule has 0 atom stereocenters. The molecule has 0 bridgehead atoms. The predicted molar refractivity (Wildman–Crippen MR) is 124 cm³/mol. The van der Waals surface area contributed by atoms with Crippen LogP contribution in [0.3, 0.4) is 0 Å². The van der Waals surface area contributed by atoms with Gasteiger partial charge >= 0.3 is 12.1 Å². The van der Waals surface area contributed by atoms with E-state index in [1.165, 1.54) is 15.8 Å². The van der Waals surface area contributed by atoms with Gasteiger partial charge in [0.05, 0.1) is 28.5 Å². The van der Waals surface area contributed by atoms with Crippen LogP contribution in [0.1, 0.15) is 15.9 Å². The molecule has 178 valence electrons. The van der Waals surface area contributed by atoms with Crippen LogP contribution in [0.2, 0.25) is 4.34 Å². The quantitative estimate of drug-likeness (QED) is 0.386. The number of thiophene rings is 2. The zero-order chi connectivity index (χ0) is 24.1. The monoisotopic (exact) mass is 603 g/mol. The van der Waals surface area contributed by atoms with Crippen molar-refractivity contribution in [3.05, 3.63) is 37.4 Å². The Morgan fingerprint density at radius 1 is 1.24 bits per heavy atom. The van der Waals surface area contributed by atoms with E-state index in [1.54, 1.807) is 4.90 Å². The molecule has 1 fully saturated rings. The molecule has 0 radical (unpaired) electrons. The summed E-state index contributed by atoms with van der Waals surface area (Å²) in [5, 5.41) is 1.29. The van der Waals surface area contributed by atoms with Gasteiger partial charge in [0.2, 0.25) is 0 Å². The second-order valence-electron chi connectivity index (χ2n) is 6.92. The lowest BCUT2D eigenvalue weighted by atomic mass is 10.1. The Kier molecular flexibility index (Phi) is 6.70. The van der Waals surface area contributed by atoms with E-state index in [0.29, 0.717) is 8.81 Å². The molecule has 33 heavy (non-hydrogen) atoms. The number of pyridine rings is 1. The number of sulfonamides is 1. The number of ether oxygens (including phenoxy) is 1. The highest BCUT2D eigenvalue weighted by molar-refractivity contribution is 9.10. The molecule has 1 aliphatic heterocycles. The van der Waals surface area contributed by atoms with Gasteiger partial charge in [-0.2, -0.15) is 17.5 Å². The molecule has 4 heterocycles. The molecule has 4 rings (SSSR count). The molecule has 3 aromatic rings. The molecular formula is C18H14BrClF3N3O4S3. The van der Waals surface area contributed by atoms with Crippen LogP contribution >= 0.6 is 50.2 Å². The van der Waals surface area contributed by atoms with Gasteiger partial charge in [-0.25, -0.2) is 18.2 Å². The Hall–Kier alpha value is -1.45. The fourth-order valence-corrected chi connectivity index (χ4v) is 8.25. The lowest BCUT2D eigenvalue weighted by molar-refractivity contribution is -0.136. The normalized spacial score (nSPS) is 15.9. The summed E-state index contributed by atoms with van der Waals surface area (Å²) in [7, 11) is -2.66. The van der Waals surface area contributed by atoms with Gasteiger partial charge in [-0.15, -0.1) is 22.7 Å². The standard InChI is InChI=1S/C18H14BrClF3N3O4S3/c1-30-17(27)9-8-31-15-10(18(21,22)23)6-12(24-14(9)15)25-2-4-26(5-3-25)33(28,29)13-7-11(19)16(20)32-13/h6-8H,2-5H2,1H3. The second kappa shape index (κ2) is 8.96. The molecule has 0 amide bonds. The Morgan fingerprint density at radius 3 is 2.45 bits per heavy atom. The number of rotatable bonds is 4. The summed E-state index contributed by atoms with van der Waals surface area (Å²) in [6.45, 7) is 0.327. The van der Waals surface area contributed by atoms with Crippen LogP contribution in [0.25, 0.3) is 10.2 Å². The Balaban J connectivity index is 1.64. The molecule has 1 saturated heterocycles. The van der Waals surface area contributed by atoms with E-state index in [0.717, 1.165) is 35.8 Å². The molecule has 0 spiro atoms. The lowest BCUT2D eigenvalue weighted by Gasteiger charge is -2.34. The number of carbonyl (C=O) groups is 1. The number of nitrogens with zero attached hydrogens (tertiary/aromatic N) is 3. The highest BCUT2D eigenvalue weighted by atomic mass is 79.9. The number of hydrogen-bond acceptors (Lipinski definition) is 8. The van der Waals surface area contributed by atoms with Gasteiger partial charge in [0.1, 0.15) is 14.4 Å². The summed E-state index contributed by atoms with van der Waals surface area (Å²) in [5.41, 5.74) is -1.05. The number of halogens is 5. The number of hydrogen-bond donors (Lipinski definition) is 0. The zero-order valence-electron chi connectivity index (χ0n) is 16.6. The summed E-state index contributed by atoms with van der Waals surface area (Å²) in [6, 6.07) is 2.35. The van der Waals surface area contributed by atoms with Crippen molar-refractivity contribution in [2.75, 3.05) is 38.2 Å². The number of aromatic nitrogens is 1. The van der Waals surface area contributed by atoms with Crippen molar-refractivity contribution in [1.82, 2.24) is 9.29 Å². The first kappa shape index (κ1) is 24.7. The van der Waals surface area contributed by atoms with Crippen LogP contribution in [0.4, 0.5) is 19.0 Å². The first-order valence-corrected chi connectivity index (χ1v) is 13.5. The Labute approximate surface area is 207 Å². The summed E-state index contributed by atoms with van der Waals surface area (Å²) in [5.74, 6) is -0.770. The molecule has 0 aromatic carbocycles. The second-order valence-corrected chi connectivity index (χ2v) is 12.5. The van der Waals surface area contributed by atoms with E-state index in [-0.39, 0.29) is 52.0 Å². The smallest absolute Gasteiger partial charge is 0.417 e. The lowest BCUT2D eigenvalue weighted by Crippen LogP contribution is -2.48. The van der Waals surface area contributed by atoms with E-state index in [9.17, 15) is 26.4 Å². The van der Waals surface area contributed by atoms with E-state index < -0.39 is 27.7 Å². The van der Waals surface area contributed by atoms with Crippen molar-refractivity contribution in [2.24, 2.45) is 0 Å². The van der Waals surface area contributed by atoms with Crippen molar-refractivity contribution in [3.63, 3.8) is 0 Å². The summed E-state index contributed by atoms with van der Waals surface area (Å²) >= 11 is 10.8.